The number of hydrogen-bond donors (Lipinski definition) is 0. The molecular formula is C9H17I2NO. The van der Waals surface area contributed by atoms with Crippen molar-refractivity contribution in [3.05, 3.63) is 0 Å². The molecule has 2 fully saturated rings. The molecule has 0 amide bonds. The van der Waals surface area contributed by atoms with E-state index in [0.29, 0.717) is 0 Å². The zero-order valence-electron chi connectivity index (χ0n) is 7.85. The second kappa shape index (κ2) is 5.46. The van der Waals surface area contributed by atoms with Gasteiger partial charge in [-0.25, -0.2) is 0 Å². The van der Waals surface area contributed by atoms with Gasteiger partial charge in [0.1, 0.15) is 12.6 Å². The molecule has 1 spiro atoms. The molecule has 2 nitrogen and oxygen atoms in total. The van der Waals surface area contributed by atoms with Crippen molar-refractivity contribution in [3.8, 4) is 0 Å². The topological polar surface area (TPSA) is 9.23 Å². The van der Waals surface area contributed by atoms with E-state index in [4.69, 9.17) is 4.74 Å². The smallest absolute Gasteiger partial charge is 0.183 e. The second-order valence-corrected chi connectivity index (χ2v) is 4.92. The molecule has 0 aromatic carbocycles. The predicted molar refractivity (Wildman–Crippen MR) is 57.3 cm³/mol. The Labute approximate surface area is 111 Å². The second-order valence-electron chi connectivity index (χ2n) is 4.03. The fourth-order valence-corrected chi connectivity index (χ4v) is 3.55. The molecule has 2 rings (SSSR count). The Hall–Kier alpha value is 1.38. The highest BCUT2D eigenvalue weighted by Gasteiger charge is 2.42. The zero-order valence-corrected chi connectivity index (χ0v) is 12.2. The lowest BCUT2D eigenvalue weighted by Gasteiger charge is -2.40. The molecule has 1 unspecified atom stereocenters. The van der Waals surface area contributed by atoms with Gasteiger partial charge in [-0.1, -0.05) is 22.6 Å². The van der Waals surface area contributed by atoms with E-state index in [-0.39, 0.29) is 24.0 Å². The molecule has 4 heteroatoms. The number of halogens is 2. The largest absolute Gasteiger partial charge is 1.00 e. The Balaban J connectivity index is 0.000000845. The number of alkyl halides is 1. The van der Waals surface area contributed by atoms with E-state index < -0.39 is 0 Å². The Morgan fingerprint density at radius 3 is 2.54 bits per heavy atom. The third-order valence-corrected chi connectivity index (χ3v) is 4.33. The van der Waals surface area contributed by atoms with Gasteiger partial charge in [0.25, 0.3) is 0 Å². The molecule has 0 aromatic heterocycles. The van der Waals surface area contributed by atoms with Gasteiger partial charge in [0.2, 0.25) is 0 Å². The van der Waals surface area contributed by atoms with Crippen LogP contribution in [0.4, 0.5) is 0 Å². The number of rotatable bonds is 1. The van der Waals surface area contributed by atoms with E-state index in [9.17, 15) is 0 Å². The SMILES string of the molecule is ICC1COC[N+]12CCCCC2.[I-]. The van der Waals surface area contributed by atoms with Crippen molar-refractivity contribution in [2.24, 2.45) is 0 Å². The van der Waals surface area contributed by atoms with Crippen LogP contribution in [-0.2, 0) is 4.74 Å². The maximum Gasteiger partial charge on any atom is 0.183 e. The summed E-state index contributed by atoms with van der Waals surface area (Å²) in [6, 6.07) is 0.797. The first-order valence-corrected chi connectivity index (χ1v) is 6.39. The first kappa shape index (κ1) is 12.4. The van der Waals surface area contributed by atoms with Crippen molar-refractivity contribution in [1.82, 2.24) is 0 Å². The monoisotopic (exact) mass is 409 g/mol. The number of nitrogens with zero attached hydrogens (tertiary/aromatic N) is 1. The summed E-state index contributed by atoms with van der Waals surface area (Å²) in [6.45, 7) is 4.73. The first-order chi connectivity index (χ1) is 5.87. The Bertz CT molecular complexity index is 160. The van der Waals surface area contributed by atoms with Crippen LogP contribution in [0.3, 0.4) is 0 Å². The van der Waals surface area contributed by atoms with E-state index in [1.807, 2.05) is 0 Å². The molecule has 2 saturated heterocycles. The molecule has 78 valence electrons. The minimum Gasteiger partial charge on any atom is -1.00 e. The summed E-state index contributed by atoms with van der Waals surface area (Å²) < 4.78 is 8.15. The van der Waals surface area contributed by atoms with Crippen LogP contribution >= 0.6 is 22.6 Å². The van der Waals surface area contributed by atoms with E-state index >= 15 is 0 Å². The maximum atomic E-state index is 5.61. The van der Waals surface area contributed by atoms with Crippen molar-refractivity contribution in [3.63, 3.8) is 0 Å². The molecule has 0 bridgehead atoms. The standard InChI is InChI=1S/C9H17INO.HI/c10-6-9-7-12-8-11(9)4-2-1-3-5-11;/h9H,1-8H2;1H/q+1;/p-1. The summed E-state index contributed by atoms with van der Waals surface area (Å²) in [5.74, 6) is 0. The highest BCUT2D eigenvalue weighted by atomic mass is 127. The van der Waals surface area contributed by atoms with Crippen molar-refractivity contribution in [2.45, 2.75) is 25.3 Å². The molecule has 0 aromatic rings. The number of ether oxygens (including phenoxy) is 1. The molecule has 0 radical (unpaired) electrons. The lowest BCUT2D eigenvalue weighted by Crippen LogP contribution is -3.00. The number of hydrogen-bond acceptors (Lipinski definition) is 1. The lowest BCUT2D eigenvalue weighted by molar-refractivity contribution is -0.947. The summed E-state index contributed by atoms with van der Waals surface area (Å²) in [5.41, 5.74) is 0. The third-order valence-electron chi connectivity index (χ3n) is 3.32. The van der Waals surface area contributed by atoms with E-state index in [2.05, 4.69) is 22.6 Å². The molecule has 1 atom stereocenters. The van der Waals surface area contributed by atoms with Gasteiger partial charge in [0.15, 0.2) is 6.73 Å². The quantitative estimate of drug-likeness (QED) is 0.300. The van der Waals surface area contributed by atoms with Gasteiger partial charge in [-0.15, -0.1) is 0 Å². The van der Waals surface area contributed by atoms with Gasteiger partial charge in [-0.3, -0.25) is 4.48 Å². The van der Waals surface area contributed by atoms with Gasteiger partial charge in [-0.2, -0.15) is 0 Å². The van der Waals surface area contributed by atoms with Crippen molar-refractivity contribution < 1.29 is 33.2 Å². The van der Waals surface area contributed by atoms with Crippen LogP contribution in [0.25, 0.3) is 0 Å². The molecule has 0 saturated carbocycles. The van der Waals surface area contributed by atoms with Crippen LogP contribution in [0, 0.1) is 0 Å². The number of quaternary nitrogens is 1. The summed E-state index contributed by atoms with van der Waals surface area (Å²) in [5, 5.41) is 0. The Kier molecular flexibility index (Phi) is 5.23. The third kappa shape index (κ3) is 2.49. The lowest BCUT2D eigenvalue weighted by atomic mass is 10.1. The van der Waals surface area contributed by atoms with Crippen LogP contribution in [0.15, 0.2) is 0 Å². The van der Waals surface area contributed by atoms with Crippen LogP contribution < -0.4 is 24.0 Å². The summed E-state index contributed by atoms with van der Waals surface area (Å²) >= 11 is 2.51. The average molecular weight is 409 g/mol. The van der Waals surface area contributed by atoms with Crippen LogP contribution in [0.5, 0.6) is 0 Å². The minimum absolute atomic E-state index is 0. The maximum absolute atomic E-state index is 5.61. The fraction of sp³-hybridized carbons (Fsp3) is 1.00. The van der Waals surface area contributed by atoms with Crippen molar-refractivity contribution >= 4 is 22.6 Å². The molecule has 13 heavy (non-hydrogen) atoms. The highest BCUT2D eigenvalue weighted by molar-refractivity contribution is 14.1. The molecular weight excluding hydrogens is 392 g/mol. The highest BCUT2D eigenvalue weighted by Crippen LogP contribution is 2.28. The van der Waals surface area contributed by atoms with E-state index in [1.54, 1.807) is 0 Å². The van der Waals surface area contributed by atoms with Crippen LogP contribution in [-0.4, -0.2) is 41.4 Å². The van der Waals surface area contributed by atoms with Crippen molar-refractivity contribution in [2.75, 3.05) is 30.9 Å². The molecule has 2 heterocycles. The number of piperidine rings is 1. The van der Waals surface area contributed by atoms with Gasteiger partial charge in [0, 0.05) is 0 Å². The normalized spacial score (nSPS) is 31.6. The summed E-state index contributed by atoms with van der Waals surface area (Å²) in [6.07, 6.45) is 4.26. The molecule has 0 N–H and O–H groups in total. The minimum atomic E-state index is 0. The fourth-order valence-electron chi connectivity index (χ4n) is 2.46. The van der Waals surface area contributed by atoms with E-state index in [0.717, 1.165) is 19.4 Å². The average Bonchev–Trinajstić information content (AvgIpc) is 2.49. The Morgan fingerprint density at radius 2 is 1.92 bits per heavy atom. The van der Waals surface area contributed by atoms with Crippen molar-refractivity contribution in [1.29, 1.82) is 0 Å². The Morgan fingerprint density at radius 1 is 1.23 bits per heavy atom. The predicted octanol–water partition coefficient (Wildman–Crippen LogP) is -1.22. The van der Waals surface area contributed by atoms with Gasteiger partial charge >= 0.3 is 0 Å². The summed E-state index contributed by atoms with van der Waals surface area (Å²) in [4.78, 5) is 0. The van der Waals surface area contributed by atoms with Gasteiger partial charge in [-0.05, 0) is 19.3 Å². The first-order valence-electron chi connectivity index (χ1n) is 4.87. The van der Waals surface area contributed by atoms with Crippen LogP contribution in [0.1, 0.15) is 19.3 Å². The molecule has 2 aliphatic rings. The van der Waals surface area contributed by atoms with Gasteiger partial charge in [0.05, 0.1) is 17.5 Å². The zero-order chi connectivity index (χ0) is 8.44. The molecule has 2 aliphatic heterocycles. The molecule has 0 aliphatic carbocycles. The van der Waals surface area contributed by atoms with E-state index in [1.165, 1.54) is 41.3 Å². The summed E-state index contributed by atoms with van der Waals surface area (Å²) in [7, 11) is 0. The van der Waals surface area contributed by atoms with Gasteiger partial charge < -0.3 is 28.7 Å². The van der Waals surface area contributed by atoms with Crippen LogP contribution in [0.2, 0.25) is 0 Å².